The van der Waals surface area contributed by atoms with Crippen molar-refractivity contribution in [3.05, 3.63) is 24.0 Å². The van der Waals surface area contributed by atoms with Gasteiger partial charge in [0, 0.05) is 13.1 Å². The van der Waals surface area contributed by atoms with E-state index >= 15 is 0 Å². The molecule has 0 fully saturated rings. The van der Waals surface area contributed by atoms with Crippen LogP contribution in [0.3, 0.4) is 0 Å². The Bertz CT molecular complexity index is 497. The summed E-state index contributed by atoms with van der Waals surface area (Å²) in [6.45, 7) is 3.76. The van der Waals surface area contributed by atoms with Crippen molar-refractivity contribution in [2.45, 2.75) is 37.6 Å². The number of halogens is 1. The molecule has 1 unspecified atom stereocenters. The Labute approximate surface area is 108 Å². The smallest absolute Gasteiger partial charge is 0.248 e. The highest BCUT2D eigenvalue weighted by Gasteiger charge is 2.29. The van der Waals surface area contributed by atoms with Gasteiger partial charge < -0.3 is 5.73 Å². The van der Waals surface area contributed by atoms with Crippen LogP contribution in [-0.4, -0.2) is 25.8 Å². The van der Waals surface area contributed by atoms with E-state index in [1.807, 2.05) is 6.92 Å². The first-order chi connectivity index (χ1) is 8.32. The molecular formula is C12H19FN2O2S. The minimum atomic E-state index is -3.89. The van der Waals surface area contributed by atoms with Gasteiger partial charge in [0.25, 0.3) is 0 Å². The summed E-state index contributed by atoms with van der Waals surface area (Å²) in [5, 5.41) is 0. The fourth-order valence-corrected chi connectivity index (χ4v) is 3.33. The highest BCUT2D eigenvalue weighted by molar-refractivity contribution is 7.89. The van der Waals surface area contributed by atoms with Gasteiger partial charge in [0.2, 0.25) is 10.0 Å². The molecule has 6 heteroatoms. The summed E-state index contributed by atoms with van der Waals surface area (Å²) < 4.78 is 39.4. The molecule has 1 rings (SSSR count). The van der Waals surface area contributed by atoms with Crippen molar-refractivity contribution in [2.24, 2.45) is 0 Å². The number of nitrogen functional groups attached to an aromatic ring is 1. The molecule has 0 heterocycles. The lowest BCUT2D eigenvalue weighted by molar-refractivity contribution is 0.367. The maximum atomic E-state index is 13.7. The summed E-state index contributed by atoms with van der Waals surface area (Å²) in [6.07, 6.45) is 1.57. The molecule has 1 aromatic rings. The zero-order chi connectivity index (χ0) is 13.9. The van der Waals surface area contributed by atoms with Crippen LogP contribution in [0.1, 0.15) is 26.7 Å². The SMILES string of the molecule is CCCC(C)N(C)S(=O)(=O)c1c(N)cccc1F. The van der Waals surface area contributed by atoms with E-state index in [-0.39, 0.29) is 11.7 Å². The minimum Gasteiger partial charge on any atom is -0.398 e. The summed E-state index contributed by atoms with van der Waals surface area (Å²) in [5.74, 6) is -0.814. The summed E-state index contributed by atoms with van der Waals surface area (Å²) in [6, 6.07) is 3.67. The molecule has 0 amide bonds. The molecule has 0 aliphatic rings. The third kappa shape index (κ3) is 2.81. The third-order valence-electron chi connectivity index (χ3n) is 2.96. The molecule has 0 saturated carbocycles. The maximum Gasteiger partial charge on any atom is 0.248 e. The number of rotatable bonds is 5. The molecule has 18 heavy (non-hydrogen) atoms. The Morgan fingerprint density at radius 3 is 2.56 bits per heavy atom. The number of benzene rings is 1. The number of hydrogen-bond acceptors (Lipinski definition) is 3. The Morgan fingerprint density at radius 1 is 1.44 bits per heavy atom. The average molecular weight is 274 g/mol. The summed E-state index contributed by atoms with van der Waals surface area (Å²) in [5.41, 5.74) is 5.51. The van der Waals surface area contributed by atoms with Gasteiger partial charge in [-0.15, -0.1) is 0 Å². The first-order valence-corrected chi connectivity index (χ1v) is 7.28. The number of nitrogens with two attached hydrogens (primary N) is 1. The highest BCUT2D eigenvalue weighted by atomic mass is 32.2. The number of anilines is 1. The maximum absolute atomic E-state index is 13.7. The number of nitrogens with zero attached hydrogens (tertiary/aromatic N) is 1. The zero-order valence-electron chi connectivity index (χ0n) is 10.9. The van der Waals surface area contributed by atoms with Crippen molar-refractivity contribution >= 4 is 15.7 Å². The summed E-state index contributed by atoms with van der Waals surface area (Å²) >= 11 is 0. The Hall–Kier alpha value is -1.14. The van der Waals surface area contributed by atoms with Gasteiger partial charge in [0.15, 0.2) is 0 Å². The van der Waals surface area contributed by atoms with Gasteiger partial charge in [-0.25, -0.2) is 12.8 Å². The van der Waals surface area contributed by atoms with Crippen molar-refractivity contribution in [3.8, 4) is 0 Å². The Morgan fingerprint density at radius 2 is 2.06 bits per heavy atom. The van der Waals surface area contributed by atoms with Crippen LogP contribution < -0.4 is 5.73 Å². The van der Waals surface area contributed by atoms with Crippen molar-refractivity contribution in [2.75, 3.05) is 12.8 Å². The van der Waals surface area contributed by atoms with E-state index in [0.29, 0.717) is 6.42 Å². The standard InChI is InChI=1S/C12H19FN2O2S/c1-4-6-9(2)15(3)18(16,17)12-10(13)7-5-8-11(12)14/h5,7-9H,4,6,14H2,1-3H3. The van der Waals surface area contributed by atoms with Gasteiger partial charge >= 0.3 is 0 Å². The molecule has 4 nitrogen and oxygen atoms in total. The molecule has 1 aromatic carbocycles. The monoisotopic (exact) mass is 274 g/mol. The number of hydrogen-bond donors (Lipinski definition) is 1. The normalized spacial score (nSPS) is 13.8. The first kappa shape index (κ1) is 14.9. The van der Waals surface area contributed by atoms with Crippen LogP contribution in [0.15, 0.2) is 23.1 Å². The van der Waals surface area contributed by atoms with E-state index in [2.05, 4.69) is 0 Å². The van der Waals surface area contributed by atoms with Crippen LogP contribution in [0.25, 0.3) is 0 Å². The molecule has 0 saturated heterocycles. The molecule has 0 aliphatic heterocycles. The van der Waals surface area contributed by atoms with E-state index in [0.717, 1.165) is 12.5 Å². The molecule has 0 spiro atoms. The molecule has 0 radical (unpaired) electrons. The second-order valence-corrected chi connectivity index (χ2v) is 6.25. The molecule has 2 N–H and O–H groups in total. The van der Waals surface area contributed by atoms with Gasteiger partial charge in [0.1, 0.15) is 10.7 Å². The van der Waals surface area contributed by atoms with E-state index in [1.165, 1.54) is 23.5 Å². The van der Waals surface area contributed by atoms with Crippen LogP contribution >= 0.6 is 0 Å². The van der Waals surface area contributed by atoms with Crippen molar-refractivity contribution < 1.29 is 12.8 Å². The predicted octanol–water partition coefficient (Wildman–Crippen LogP) is 2.22. The van der Waals surface area contributed by atoms with Gasteiger partial charge in [-0.3, -0.25) is 0 Å². The Kier molecular flexibility index (Phi) is 4.70. The van der Waals surface area contributed by atoms with E-state index in [4.69, 9.17) is 5.73 Å². The lowest BCUT2D eigenvalue weighted by Gasteiger charge is -2.24. The third-order valence-corrected chi connectivity index (χ3v) is 5.03. The first-order valence-electron chi connectivity index (χ1n) is 5.84. The fourth-order valence-electron chi connectivity index (χ4n) is 1.78. The van der Waals surface area contributed by atoms with Gasteiger partial charge in [-0.05, 0) is 25.5 Å². The lowest BCUT2D eigenvalue weighted by atomic mass is 10.2. The van der Waals surface area contributed by atoms with Crippen molar-refractivity contribution in [1.29, 1.82) is 0 Å². The number of sulfonamides is 1. The topological polar surface area (TPSA) is 63.4 Å². The highest BCUT2D eigenvalue weighted by Crippen LogP contribution is 2.26. The average Bonchev–Trinajstić information content (AvgIpc) is 2.27. The largest absolute Gasteiger partial charge is 0.398 e. The quantitative estimate of drug-likeness (QED) is 0.837. The van der Waals surface area contributed by atoms with Crippen LogP contribution in [0, 0.1) is 5.82 Å². The minimum absolute atomic E-state index is 0.0643. The molecule has 1 atom stereocenters. The molecule has 102 valence electrons. The van der Waals surface area contributed by atoms with Gasteiger partial charge in [-0.2, -0.15) is 4.31 Å². The van der Waals surface area contributed by atoms with Crippen molar-refractivity contribution in [3.63, 3.8) is 0 Å². The van der Waals surface area contributed by atoms with E-state index < -0.39 is 20.7 Å². The fraction of sp³-hybridized carbons (Fsp3) is 0.500. The van der Waals surface area contributed by atoms with Crippen LogP contribution in [0.5, 0.6) is 0 Å². The summed E-state index contributed by atoms with van der Waals surface area (Å²) in [4.78, 5) is -0.435. The molecule has 0 aliphatic carbocycles. The molecule has 0 aromatic heterocycles. The zero-order valence-corrected chi connectivity index (χ0v) is 11.7. The molecule has 0 bridgehead atoms. The molecular weight excluding hydrogens is 255 g/mol. The van der Waals surface area contributed by atoms with E-state index in [1.54, 1.807) is 6.92 Å². The second kappa shape index (κ2) is 5.67. The van der Waals surface area contributed by atoms with Crippen LogP contribution in [0.2, 0.25) is 0 Å². The van der Waals surface area contributed by atoms with E-state index in [9.17, 15) is 12.8 Å². The van der Waals surface area contributed by atoms with Gasteiger partial charge in [0.05, 0.1) is 5.69 Å². The summed E-state index contributed by atoms with van der Waals surface area (Å²) in [7, 11) is -2.44. The van der Waals surface area contributed by atoms with Crippen LogP contribution in [-0.2, 0) is 10.0 Å². The second-order valence-electron chi connectivity index (χ2n) is 4.32. The van der Waals surface area contributed by atoms with Gasteiger partial charge in [-0.1, -0.05) is 19.4 Å². The predicted molar refractivity (Wildman–Crippen MR) is 70.1 cm³/mol. The lowest BCUT2D eigenvalue weighted by Crippen LogP contribution is -2.35. The Balaban J connectivity index is 3.22. The van der Waals surface area contributed by atoms with Crippen LogP contribution in [0.4, 0.5) is 10.1 Å². The van der Waals surface area contributed by atoms with Crippen molar-refractivity contribution in [1.82, 2.24) is 4.31 Å².